The molecule has 0 radical (unpaired) electrons. The highest BCUT2D eigenvalue weighted by molar-refractivity contribution is 7.18. The van der Waals surface area contributed by atoms with Gasteiger partial charge in [0.15, 0.2) is 0 Å². The van der Waals surface area contributed by atoms with Gasteiger partial charge in [0.1, 0.15) is 16.4 Å². The Morgan fingerprint density at radius 1 is 1.24 bits per heavy atom. The second kappa shape index (κ2) is 5.93. The normalized spacial score (nSPS) is 10.9. The molecule has 0 aliphatic rings. The largest absolute Gasteiger partial charge is 0.466 e. The average Bonchev–Trinajstić information content (AvgIpc) is 2.87. The van der Waals surface area contributed by atoms with Crippen molar-refractivity contribution in [3.05, 3.63) is 27.5 Å². The number of carbonyl (C=O) groups is 1. The molecular weight excluding hydrogens is 286 g/mol. The maximum Gasteiger partial charge on any atom is 0.350 e. The van der Waals surface area contributed by atoms with E-state index in [-0.39, 0.29) is 5.97 Å². The molecule has 5 heteroatoms. The van der Waals surface area contributed by atoms with E-state index in [1.165, 1.54) is 11.3 Å². The molecule has 4 nitrogen and oxygen atoms in total. The minimum atomic E-state index is -0.350. The predicted octanol–water partition coefficient (Wildman–Crippen LogP) is 4.25. The summed E-state index contributed by atoms with van der Waals surface area (Å²) in [7, 11) is 0. The van der Waals surface area contributed by atoms with Crippen LogP contribution in [0, 0.1) is 20.8 Å². The molecule has 0 aliphatic heterocycles. The Labute approximate surface area is 128 Å². The van der Waals surface area contributed by atoms with Crippen LogP contribution in [0.15, 0.2) is 4.42 Å². The van der Waals surface area contributed by atoms with E-state index in [0.717, 1.165) is 39.5 Å². The van der Waals surface area contributed by atoms with Crippen molar-refractivity contribution in [2.45, 2.75) is 41.0 Å². The molecule has 0 aliphatic carbocycles. The molecule has 0 bridgehead atoms. The molecule has 0 atom stereocenters. The summed E-state index contributed by atoms with van der Waals surface area (Å²) in [5.74, 6) is 1.40. The number of ether oxygens (including phenoxy) is 1. The Morgan fingerprint density at radius 3 is 2.38 bits per heavy atom. The summed E-state index contributed by atoms with van der Waals surface area (Å²) in [6.45, 7) is 10.1. The number of furan rings is 1. The molecule has 2 aromatic heterocycles. The molecule has 0 saturated carbocycles. The minimum absolute atomic E-state index is 0.343. The fourth-order valence-corrected chi connectivity index (χ4v) is 3.86. The van der Waals surface area contributed by atoms with Gasteiger partial charge in [0.25, 0.3) is 0 Å². The number of hydrogen-bond donors (Lipinski definition) is 1. The van der Waals surface area contributed by atoms with Crippen molar-refractivity contribution >= 4 is 23.0 Å². The van der Waals surface area contributed by atoms with E-state index in [0.29, 0.717) is 17.2 Å². The predicted molar refractivity (Wildman–Crippen MR) is 86.0 cm³/mol. The van der Waals surface area contributed by atoms with Gasteiger partial charge in [-0.3, -0.25) is 0 Å². The standard InChI is InChI=1S/C16H21NO3S/c1-6-11-13(17)15(16(18)19-7-2)21-14(11)12-8(3)9(4)20-10(12)5/h6-7,17H2,1-5H3. The lowest BCUT2D eigenvalue weighted by Gasteiger charge is -2.03. The quantitative estimate of drug-likeness (QED) is 0.857. The zero-order chi connectivity index (χ0) is 15.7. The van der Waals surface area contributed by atoms with Crippen molar-refractivity contribution in [1.82, 2.24) is 0 Å². The van der Waals surface area contributed by atoms with E-state index in [2.05, 4.69) is 0 Å². The molecule has 2 heterocycles. The maximum atomic E-state index is 12.0. The first-order valence-corrected chi connectivity index (χ1v) is 7.89. The lowest BCUT2D eigenvalue weighted by Crippen LogP contribution is -2.05. The molecule has 2 N–H and O–H groups in total. The van der Waals surface area contributed by atoms with Crippen LogP contribution in [-0.2, 0) is 11.2 Å². The third kappa shape index (κ3) is 2.58. The highest BCUT2D eigenvalue weighted by Gasteiger charge is 2.25. The zero-order valence-corrected chi connectivity index (χ0v) is 13.9. The van der Waals surface area contributed by atoms with Gasteiger partial charge in [-0.05, 0) is 45.2 Å². The van der Waals surface area contributed by atoms with E-state index in [1.54, 1.807) is 6.92 Å². The highest BCUT2D eigenvalue weighted by atomic mass is 32.1. The highest BCUT2D eigenvalue weighted by Crippen LogP contribution is 2.43. The molecule has 0 spiro atoms. The number of anilines is 1. The van der Waals surface area contributed by atoms with Crippen molar-refractivity contribution in [1.29, 1.82) is 0 Å². The number of carbonyl (C=O) groups excluding carboxylic acids is 1. The Morgan fingerprint density at radius 2 is 1.90 bits per heavy atom. The van der Waals surface area contributed by atoms with Crippen LogP contribution in [0.4, 0.5) is 5.69 Å². The fourth-order valence-electron chi connectivity index (χ4n) is 2.51. The van der Waals surface area contributed by atoms with Gasteiger partial charge in [0.2, 0.25) is 0 Å². The molecule has 114 valence electrons. The number of hydrogen-bond acceptors (Lipinski definition) is 5. The van der Waals surface area contributed by atoms with Crippen molar-refractivity contribution in [3.63, 3.8) is 0 Å². The van der Waals surface area contributed by atoms with Crippen LogP contribution in [0.2, 0.25) is 0 Å². The monoisotopic (exact) mass is 307 g/mol. The van der Waals surface area contributed by atoms with Crippen molar-refractivity contribution in [2.24, 2.45) is 0 Å². The number of esters is 1. The average molecular weight is 307 g/mol. The molecule has 2 rings (SSSR count). The molecule has 0 fully saturated rings. The van der Waals surface area contributed by atoms with E-state index in [4.69, 9.17) is 14.9 Å². The lowest BCUT2D eigenvalue weighted by molar-refractivity contribution is 0.0533. The molecular formula is C16H21NO3S. The van der Waals surface area contributed by atoms with Crippen molar-refractivity contribution in [2.75, 3.05) is 12.3 Å². The summed E-state index contributed by atoms with van der Waals surface area (Å²) in [5, 5.41) is 0. The summed E-state index contributed by atoms with van der Waals surface area (Å²) in [5.41, 5.74) is 9.85. The van der Waals surface area contributed by atoms with Crippen LogP contribution in [0.25, 0.3) is 10.4 Å². The summed E-state index contributed by atoms with van der Waals surface area (Å²) >= 11 is 1.39. The van der Waals surface area contributed by atoms with Gasteiger partial charge >= 0.3 is 5.97 Å². The third-order valence-corrected chi connectivity index (χ3v) is 4.90. The smallest absolute Gasteiger partial charge is 0.350 e. The fraction of sp³-hybridized carbons (Fsp3) is 0.438. The SMILES string of the molecule is CCOC(=O)c1sc(-c2c(C)oc(C)c2C)c(CC)c1N. The van der Waals surface area contributed by atoms with Crippen LogP contribution in [0.5, 0.6) is 0 Å². The first-order valence-electron chi connectivity index (χ1n) is 7.07. The Balaban J connectivity index is 2.64. The van der Waals surface area contributed by atoms with E-state index in [1.807, 2.05) is 27.7 Å². The zero-order valence-electron chi connectivity index (χ0n) is 13.1. The number of aryl methyl sites for hydroxylation is 2. The van der Waals surface area contributed by atoms with Crippen LogP contribution in [0.1, 0.15) is 46.2 Å². The Bertz CT molecular complexity index is 682. The summed E-state index contributed by atoms with van der Waals surface area (Å²) in [6, 6.07) is 0. The molecule has 2 aromatic rings. The molecule has 0 saturated heterocycles. The van der Waals surface area contributed by atoms with Gasteiger partial charge in [-0.1, -0.05) is 6.92 Å². The first kappa shape index (κ1) is 15.6. The van der Waals surface area contributed by atoms with E-state index in [9.17, 15) is 4.79 Å². The Kier molecular flexibility index (Phi) is 4.42. The Hall–Kier alpha value is -1.75. The lowest BCUT2D eigenvalue weighted by atomic mass is 10.0. The van der Waals surface area contributed by atoms with Crippen LogP contribution < -0.4 is 5.73 Å². The second-order valence-corrected chi connectivity index (χ2v) is 5.96. The second-order valence-electron chi connectivity index (χ2n) is 4.94. The molecule has 21 heavy (non-hydrogen) atoms. The van der Waals surface area contributed by atoms with Crippen LogP contribution in [0.3, 0.4) is 0 Å². The van der Waals surface area contributed by atoms with Gasteiger partial charge < -0.3 is 14.9 Å². The van der Waals surface area contributed by atoms with Crippen LogP contribution in [-0.4, -0.2) is 12.6 Å². The van der Waals surface area contributed by atoms with Crippen molar-refractivity contribution in [3.8, 4) is 10.4 Å². The number of rotatable bonds is 4. The summed E-state index contributed by atoms with van der Waals surface area (Å²) < 4.78 is 10.8. The number of thiophene rings is 1. The topological polar surface area (TPSA) is 65.5 Å². The van der Waals surface area contributed by atoms with Gasteiger partial charge in [0.05, 0.1) is 12.3 Å². The minimum Gasteiger partial charge on any atom is -0.466 e. The summed E-state index contributed by atoms with van der Waals surface area (Å²) in [6.07, 6.45) is 0.764. The molecule has 0 aromatic carbocycles. The van der Waals surface area contributed by atoms with E-state index < -0.39 is 0 Å². The van der Waals surface area contributed by atoms with Crippen LogP contribution >= 0.6 is 11.3 Å². The third-order valence-electron chi connectivity index (χ3n) is 3.65. The number of nitrogen functional groups attached to an aromatic ring is 1. The summed E-state index contributed by atoms with van der Waals surface area (Å²) in [4.78, 5) is 13.5. The first-order chi connectivity index (χ1) is 9.92. The van der Waals surface area contributed by atoms with Gasteiger partial charge in [-0.15, -0.1) is 11.3 Å². The van der Waals surface area contributed by atoms with Gasteiger partial charge in [0, 0.05) is 10.4 Å². The molecule has 0 amide bonds. The molecule has 0 unspecified atom stereocenters. The maximum absolute atomic E-state index is 12.0. The number of nitrogens with two attached hydrogens (primary N) is 1. The van der Waals surface area contributed by atoms with E-state index >= 15 is 0 Å². The van der Waals surface area contributed by atoms with Gasteiger partial charge in [-0.2, -0.15) is 0 Å². The van der Waals surface area contributed by atoms with Gasteiger partial charge in [-0.25, -0.2) is 4.79 Å². The van der Waals surface area contributed by atoms with Crippen molar-refractivity contribution < 1.29 is 13.9 Å².